The number of carbonyl (C=O) groups excluding carboxylic acids is 2. The minimum absolute atomic E-state index is 0. The van der Waals surface area contributed by atoms with E-state index >= 15 is 0 Å². The Morgan fingerprint density at radius 2 is 1.59 bits per heavy atom. The Balaban J connectivity index is 0.00000261. The normalized spacial score (nSPS) is 16.2. The van der Waals surface area contributed by atoms with Gasteiger partial charge in [-0.2, -0.15) is 0 Å². The number of piperidine rings is 1. The molecule has 3 rings (SSSR count). The van der Waals surface area contributed by atoms with Crippen molar-refractivity contribution in [1.29, 1.82) is 0 Å². The molecule has 1 unspecified atom stereocenters. The smallest absolute Gasteiger partial charge is 0.323 e. The molecule has 2 aromatic carbocycles. The highest BCUT2D eigenvalue weighted by Crippen LogP contribution is 2.16. The maximum absolute atomic E-state index is 12.6. The van der Waals surface area contributed by atoms with E-state index in [1.165, 1.54) is 0 Å². The molecule has 1 atom stereocenters. The molecule has 144 valence electrons. The van der Waals surface area contributed by atoms with Crippen LogP contribution in [0.3, 0.4) is 0 Å². The third kappa shape index (κ3) is 5.70. The number of amides is 3. The summed E-state index contributed by atoms with van der Waals surface area (Å²) in [4.78, 5) is 26.5. The van der Waals surface area contributed by atoms with E-state index in [-0.39, 0.29) is 24.3 Å². The number of nitrogens with one attached hydrogen (secondary N) is 3. The Morgan fingerprint density at radius 1 is 0.963 bits per heavy atom. The zero-order valence-electron chi connectivity index (χ0n) is 15.3. The lowest BCUT2D eigenvalue weighted by atomic mass is 10.0. The van der Waals surface area contributed by atoms with Crippen LogP contribution in [0.5, 0.6) is 0 Å². The van der Waals surface area contributed by atoms with Crippen molar-refractivity contribution < 1.29 is 9.59 Å². The second kappa shape index (κ2) is 9.94. The fourth-order valence-corrected chi connectivity index (χ4v) is 3.09. The van der Waals surface area contributed by atoms with Gasteiger partial charge in [0.25, 0.3) is 5.91 Å². The molecule has 0 spiro atoms. The van der Waals surface area contributed by atoms with Gasteiger partial charge >= 0.3 is 6.03 Å². The molecule has 0 bridgehead atoms. The number of hydrogen-bond donors (Lipinski definition) is 3. The van der Waals surface area contributed by atoms with E-state index in [9.17, 15) is 9.59 Å². The lowest BCUT2D eigenvalue weighted by molar-refractivity contribution is 0.0698. The largest absolute Gasteiger partial charge is 0.337 e. The Bertz CT molecular complexity index is 752. The van der Waals surface area contributed by atoms with Crippen LogP contribution in [0.2, 0.25) is 0 Å². The molecule has 3 amide bonds. The summed E-state index contributed by atoms with van der Waals surface area (Å²) in [5.41, 5.74) is 2.00. The molecule has 2 aromatic rings. The van der Waals surface area contributed by atoms with Crippen LogP contribution >= 0.6 is 12.4 Å². The summed E-state index contributed by atoms with van der Waals surface area (Å²) in [6, 6.07) is 16.3. The van der Waals surface area contributed by atoms with Crippen molar-refractivity contribution in [1.82, 2.24) is 10.2 Å². The van der Waals surface area contributed by atoms with Gasteiger partial charge in [0.15, 0.2) is 0 Å². The molecule has 27 heavy (non-hydrogen) atoms. The molecule has 6 nitrogen and oxygen atoms in total. The molecule has 7 heteroatoms. The van der Waals surface area contributed by atoms with Gasteiger partial charge in [-0.25, -0.2) is 4.79 Å². The first-order valence-electron chi connectivity index (χ1n) is 8.85. The van der Waals surface area contributed by atoms with Crippen LogP contribution in [0.25, 0.3) is 0 Å². The lowest BCUT2D eigenvalue weighted by Crippen LogP contribution is -2.46. The highest BCUT2D eigenvalue weighted by Gasteiger charge is 2.23. The van der Waals surface area contributed by atoms with Gasteiger partial charge in [-0.3, -0.25) is 4.79 Å². The van der Waals surface area contributed by atoms with E-state index in [2.05, 4.69) is 16.0 Å². The van der Waals surface area contributed by atoms with Crippen molar-refractivity contribution in [3.63, 3.8) is 0 Å². The molecule has 0 radical (unpaired) electrons. The third-order valence-corrected chi connectivity index (χ3v) is 4.54. The molecule has 1 aliphatic heterocycles. The highest BCUT2D eigenvalue weighted by molar-refractivity contribution is 6.00. The minimum atomic E-state index is -0.317. The molecule has 3 N–H and O–H groups in total. The van der Waals surface area contributed by atoms with Gasteiger partial charge in [0.2, 0.25) is 0 Å². The van der Waals surface area contributed by atoms with Crippen LogP contribution in [0, 0.1) is 0 Å². The summed E-state index contributed by atoms with van der Waals surface area (Å²) in [6.45, 7) is 1.52. The molecule has 1 saturated heterocycles. The van der Waals surface area contributed by atoms with Crippen LogP contribution in [-0.2, 0) is 0 Å². The van der Waals surface area contributed by atoms with E-state index < -0.39 is 0 Å². The second-order valence-electron chi connectivity index (χ2n) is 6.40. The minimum Gasteiger partial charge on any atom is -0.337 e. The summed E-state index contributed by atoms with van der Waals surface area (Å²) in [5, 5.41) is 8.77. The molecule has 0 aliphatic carbocycles. The molecule has 1 heterocycles. The van der Waals surface area contributed by atoms with E-state index in [0.29, 0.717) is 17.3 Å². The standard InChI is InChI=1S/C20H24N4O2.ClH/c1-21-18-8-5-13-24(14-18)19(25)15-9-11-17(12-10-15)23-20(26)22-16-6-3-2-4-7-16;/h2-4,6-7,9-12,18,21H,5,8,13-14H2,1H3,(H2,22,23,26);1H. The fourth-order valence-electron chi connectivity index (χ4n) is 3.09. The maximum atomic E-state index is 12.6. The Hall–Kier alpha value is -2.57. The lowest BCUT2D eigenvalue weighted by Gasteiger charge is -2.32. The summed E-state index contributed by atoms with van der Waals surface area (Å²) in [6.07, 6.45) is 2.11. The predicted molar refractivity (Wildman–Crippen MR) is 111 cm³/mol. The average Bonchev–Trinajstić information content (AvgIpc) is 2.69. The number of nitrogens with zero attached hydrogens (tertiary/aromatic N) is 1. The van der Waals surface area contributed by atoms with Gasteiger partial charge < -0.3 is 20.9 Å². The molecular weight excluding hydrogens is 364 g/mol. The van der Waals surface area contributed by atoms with E-state index in [4.69, 9.17) is 0 Å². The Morgan fingerprint density at radius 3 is 2.22 bits per heavy atom. The fraction of sp³-hybridized carbons (Fsp3) is 0.300. The number of hydrogen-bond acceptors (Lipinski definition) is 3. The van der Waals surface area contributed by atoms with Gasteiger partial charge in [0.05, 0.1) is 0 Å². The number of halogens is 1. The number of carbonyl (C=O) groups is 2. The highest BCUT2D eigenvalue weighted by atomic mass is 35.5. The summed E-state index contributed by atoms with van der Waals surface area (Å²) in [7, 11) is 1.93. The number of urea groups is 1. The summed E-state index contributed by atoms with van der Waals surface area (Å²) < 4.78 is 0. The number of anilines is 2. The van der Waals surface area contributed by atoms with E-state index in [0.717, 1.165) is 31.6 Å². The molecular formula is C20H25ClN4O2. The van der Waals surface area contributed by atoms with Crippen molar-refractivity contribution in [2.24, 2.45) is 0 Å². The number of likely N-dealkylation sites (tertiary alicyclic amines) is 1. The van der Waals surface area contributed by atoms with Crippen molar-refractivity contribution in [2.45, 2.75) is 18.9 Å². The Kier molecular flexibility index (Phi) is 7.64. The third-order valence-electron chi connectivity index (χ3n) is 4.54. The number of benzene rings is 2. The number of para-hydroxylation sites is 1. The maximum Gasteiger partial charge on any atom is 0.323 e. The second-order valence-corrected chi connectivity index (χ2v) is 6.40. The van der Waals surface area contributed by atoms with Crippen LogP contribution in [0.15, 0.2) is 54.6 Å². The Labute approximate surface area is 165 Å². The number of likely N-dealkylation sites (N-methyl/N-ethyl adjacent to an activating group) is 1. The van der Waals surface area contributed by atoms with Crippen molar-refractivity contribution in [2.75, 3.05) is 30.8 Å². The monoisotopic (exact) mass is 388 g/mol. The van der Waals surface area contributed by atoms with Gasteiger partial charge in [-0.05, 0) is 56.3 Å². The van der Waals surface area contributed by atoms with Gasteiger partial charge in [-0.15, -0.1) is 12.4 Å². The zero-order valence-corrected chi connectivity index (χ0v) is 16.1. The quantitative estimate of drug-likeness (QED) is 0.749. The van der Waals surface area contributed by atoms with Crippen LogP contribution in [0.1, 0.15) is 23.2 Å². The molecule has 1 aliphatic rings. The van der Waals surface area contributed by atoms with Gasteiger partial charge in [0, 0.05) is 36.1 Å². The molecule has 1 fully saturated rings. The van der Waals surface area contributed by atoms with Crippen molar-refractivity contribution in [3.8, 4) is 0 Å². The van der Waals surface area contributed by atoms with Crippen molar-refractivity contribution >= 4 is 35.7 Å². The molecule has 0 saturated carbocycles. The molecule has 0 aromatic heterocycles. The summed E-state index contributed by atoms with van der Waals surface area (Å²) >= 11 is 0. The van der Waals surface area contributed by atoms with Crippen LogP contribution < -0.4 is 16.0 Å². The topological polar surface area (TPSA) is 73.5 Å². The van der Waals surface area contributed by atoms with E-state index in [1.807, 2.05) is 42.3 Å². The summed E-state index contributed by atoms with van der Waals surface area (Å²) in [5.74, 6) is 0.0326. The predicted octanol–water partition coefficient (Wildman–Crippen LogP) is 3.58. The van der Waals surface area contributed by atoms with E-state index in [1.54, 1.807) is 24.3 Å². The van der Waals surface area contributed by atoms with Crippen LogP contribution in [-0.4, -0.2) is 43.0 Å². The number of rotatable bonds is 4. The first kappa shape index (κ1) is 20.7. The van der Waals surface area contributed by atoms with Crippen LogP contribution in [0.4, 0.5) is 16.2 Å². The van der Waals surface area contributed by atoms with Gasteiger partial charge in [0.1, 0.15) is 0 Å². The van der Waals surface area contributed by atoms with Crippen molar-refractivity contribution in [3.05, 3.63) is 60.2 Å². The van der Waals surface area contributed by atoms with Gasteiger partial charge in [-0.1, -0.05) is 18.2 Å². The first-order valence-corrected chi connectivity index (χ1v) is 8.85. The average molecular weight is 389 g/mol. The first-order chi connectivity index (χ1) is 12.7. The SMILES string of the molecule is CNC1CCCN(C(=O)c2ccc(NC(=O)Nc3ccccc3)cc2)C1.Cl. The zero-order chi connectivity index (χ0) is 18.4.